The van der Waals surface area contributed by atoms with Crippen LogP contribution in [0, 0.1) is 12.8 Å². The Morgan fingerprint density at radius 2 is 1.36 bits per heavy atom. The van der Waals surface area contributed by atoms with E-state index in [1.54, 1.807) is 72.3 Å². The van der Waals surface area contributed by atoms with Gasteiger partial charge in [-0.1, -0.05) is 49.4 Å². The van der Waals surface area contributed by atoms with Crippen molar-refractivity contribution >= 4 is 110 Å². The van der Waals surface area contributed by atoms with Gasteiger partial charge in [0.05, 0.1) is 30.3 Å². The number of hydrogen-bond donors (Lipinski definition) is 8. The molecule has 0 spiro atoms. The van der Waals surface area contributed by atoms with Crippen LogP contribution < -0.4 is 32.7 Å². The Labute approximate surface area is 531 Å². The Hall–Kier alpha value is -8.82. The number of aryl methyl sites for hydroxylation is 1. The van der Waals surface area contributed by atoms with Gasteiger partial charge in [0, 0.05) is 69.3 Å². The molecule has 2 aromatic carbocycles. The maximum atomic E-state index is 15.3. The number of rotatable bonds is 12. The molecule has 9 heterocycles. The lowest BCUT2D eigenvalue weighted by atomic mass is 10.00. The lowest BCUT2D eigenvalue weighted by molar-refractivity contribution is -0.134. The molecule has 25 nitrogen and oxygen atoms in total. The summed E-state index contributed by atoms with van der Waals surface area (Å²) >= 11 is 6.84. The van der Waals surface area contributed by atoms with Crippen LogP contribution in [0.5, 0.6) is 5.75 Å². The highest BCUT2D eigenvalue weighted by Gasteiger charge is 2.46. The van der Waals surface area contributed by atoms with Gasteiger partial charge in [-0.05, 0) is 56.4 Å². The largest absolute Gasteiger partial charge is 0.508 e. The third kappa shape index (κ3) is 13.8. The lowest BCUT2D eigenvalue weighted by Gasteiger charge is -2.29. The number of aliphatic hydroxyl groups excluding tert-OH is 1. The Bertz CT molecular complexity index is 4140. The first-order valence-corrected chi connectivity index (χ1v) is 32.6. The van der Waals surface area contributed by atoms with Crippen molar-refractivity contribution in [1.29, 1.82) is 0 Å². The van der Waals surface area contributed by atoms with Gasteiger partial charge in [-0.2, -0.15) is 0 Å². The first-order chi connectivity index (χ1) is 42.7. The normalized spacial score (nSPS) is 19.2. The number of phenols is 1. The van der Waals surface area contributed by atoms with Crippen molar-refractivity contribution in [3.63, 3.8) is 0 Å². The number of alkyl carbamates (subject to hydrolysis) is 1. The summed E-state index contributed by atoms with van der Waals surface area (Å²) in [5, 5.41) is 43.3. The Kier molecular flexibility index (Phi) is 18.4. The molecule has 89 heavy (non-hydrogen) atoms. The third-order valence-electron chi connectivity index (χ3n) is 14.5. The van der Waals surface area contributed by atoms with E-state index in [9.17, 15) is 39.0 Å². The zero-order valence-corrected chi connectivity index (χ0v) is 52.5. The fourth-order valence-corrected chi connectivity index (χ4v) is 15.3. The van der Waals surface area contributed by atoms with E-state index in [4.69, 9.17) is 41.1 Å². The van der Waals surface area contributed by atoms with E-state index >= 15 is 4.79 Å². The smallest absolute Gasteiger partial charge is 0.407 e. The maximum absolute atomic E-state index is 15.3. The number of carbonyl (C=O) groups is 7. The van der Waals surface area contributed by atoms with Crippen LogP contribution in [0.25, 0.3) is 43.4 Å². The third-order valence-corrected chi connectivity index (χ3v) is 20.0. The number of nitrogens with zero attached hydrogens (tertiary/aromatic N) is 9. The van der Waals surface area contributed by atoms with Crippen LogP contribution in [0.15, 0.2) is 93.6 Å². The fourth-order valence-electron chi connectivity index (χ4n) is 9.97. The second-order valence-electron chi connectivity index (χ2n) is 21.0. The van der Waals surface area contributed by atoms with Crippen molar-refractivity contribution in [2.75, 3.05) is 33.7 Å². The fraction of sp³-hybridized carbons (Fsp3) is 0.276. The molecule has 2 aliphatic heterocycles. The monoisotopic (exact) mass is 1310 g/mol. The van der Waals surface area contributed by atoms with Gasteiger partial charge in [-0.3, -0.25) is 28.8 Å². The highest BCUT2D eigenvalue weighted by atomic mass is 32.1. The summed E-state index contributed by atoms with van der Waals surface area (Å²) in [6.45, 7) is 4.02. The molecule has 2 aliphatic rings. The number of hydrogen-bond acceptors (Lipinski definition) is 24. The van der Waals surface area contributed by atoms with Crippen molar-refractivity contribution in [1.82, 2.24) is 66.0 Å². The quantitative estimate of drug-likeness (QED) is 0.0632. The molecular weight excluding hydrogens is 1260 g/mol. The van der Waals surface area contributed by atoms with Crippen LogP contribution in [0.4, 0.5) is 4.79 Å². The Balaban J connectivity index is 1.03. The van der Waals surface area contributed by atoms with Crippen LogP contribution >= 0.6 is 68.0 Å². The molecule has 0 saturated carbocycles. The number of benzene rings is 2. The SMILES string of the molecule is Cc1sc2nc1C(=O)N[C@@H]([C@H](OC(=O)NCCN(C)C)c1ccccc1)c1nc(cs1)C(=O)N[C@@H](Cc1ccc(O)cc1)C(=O)N1C[C@H](O)[C@H](C)[C@H]1c1nc(cs1)-c1nc(cs1)-c1nc(-c3nc(C(N)=O)cs3)ccc1-c1nc(cs1)C(=O)N[C@H]2CC(N)=O. The molecule has 0 aliphatic carbocycles. The summed E-state index contributed by atoms with van der Waals surface area (Å²) in [7, 11) is 3.68. The zero-order valence-electron chi connectivity index (χ0n) is 47.6. The number of fused-ring (bicyclic) bond motifs is 16. The Morgan fingerprint density at radius 3 is 2.09 bits per heavy atom. The number of likely N-dealkylation sites (N-methyl/N-ethyl adjacent to an activating group) is 1. The van der Waals surface area contributed by atoms with Gasteiger partial charge in [0.25, 0.3) is 23.6 Å². The summed E-state index contributed by atoms with van der Waals surface area (Å²) in [6, 6.07) is 13.7. The van der Waals surface area contributed by atoms with Gasteiger partial charge in [-0.25, -0.2) is 39.7 Å². The topological polar surface area (TPSA) is 366 Å². The second-order valence-corrected chi connectivity index (χ2v) is 26.6. The molecular formula is C58H55N15O10S6. The molecule has 7 atom stereocenters. The van der Waals surface area contributed by atoms with Gasteiger partial charge < -0.3 is 57.5 Å². The number of amides is 7. The maximum Gasteiger partial charge on any atom is 0.407 e. The predicted molar refractivity (Wildman–Crippen MR) is 335 cm³/mol. The van der Waals surface area contributed by atoms with E-state index in [1.165, 1.54) is 55.8 Å². The summed E-state index contributed by atoms with van der Waals surface area (Å²) in [5.74, 6) is -4.84. The number of nitrogens with one attached hydrogen (secondary N) is 4. The zero-order chi connectivity index (χ0) is 62.8. The van der Waals surface area contributed by atoms with Crippen molar-refractivity contribution < 1.29 is 48.5 Å². The van der Waals surface area contributed by atoms with Gasteiger partial charge >= 0.3 is 6.09 Å². The second kappa shape index (κ2) is 26.5. The first-order valence-electron chi connectivity index (χ1n) is 27.4. The van der Waals surface area contributed by atoms with Gasteiger partial charge in [0.15, 0.2) is 6.10 Å². The number of aromatic nitrogens is 7. The van der Waals surface area contributed by atoms with E-state index in [-0.39, 0.29) is 58.1 Å². The summed E-state index contributed by atoms with van der Waals surface area (Å²) in [4.78, 5) is 135. The lowest BCUT2D eigenvalue weighted by Crippen LogP contribution is -2.50. The van der Waals surface area contributed by atoms with Crippen molar-refractivity contribution in [2.45, 2.75) is 63.1 Å². The molecule has 7 aromatic heterocycles. The standard InChI is InChI=1S/C58H55N15O10S6/c1-26-40(75)20-73-45(26)56-69-39(25-88-56)53-65-35(21-85-53)43-31(14-15-32(62-43)52-66-36(22-86-52)47(60)77)51-67-37(23-84-51)48(78)63-33(19-41(59)76)54-71-42(27(2)89-54)50(80)70-44(46(29-8-6-5-7-9-29)83-58(82)61-16-17-72(3)4)55-68-38(24-87-55)49(79)64-34(57(73)81)18-28-10-12-30(74)13-11-28/h5-15,21-26,33-34,40,44-46,74-75H,16-20H2,1-4H3,(H2,59,76)(H2,60,77)(H,61,82)(H,63,78)(H,64,79)(H,70,80)/t26-,33-,34-,40-,44-,45-,46+/m0/s1. The molecule has 10 N–H and O–H groups in total. The number of nitrogens with two attached hydrogens (primary N) is 2. The van der Waals surface area contributed by atoms with E-state index in [1.807, 2.05) is 25.9 Å². The number of pyridine rings is 1. The van der Waals surface area contributed by atoms with Gasteiger partial charge in [-0.15, -0.1) is 68.0 Å². The molecule has 1 saturated heterocycles. The highest BCUT2D eigenvalue weighted by Crippen LogP contribution is 2.43. The van der Waals surface area contributed by atoms with Crippen LogP contribution in [-0.4, -0.2) is 142 Å². The summed E-state index contributed by atoms with van der Waals surface area (Å²) < 4.78 is 6.17. The minimum atomic E-state index is -1.31. The molecule has 458 valence electrons. The number of aliphatic hydroxyl groups is 1. The summed E-state index contributed by atoms with van der Waals surface area (Å²) in [6.07, 6.45) is -3.59. The van der Waals surface area contributed by atoms with Gasteiger partial charge in [0.1, 0.15) is 87.7 Å². The van der Waals surface area contributed by atoms with Crippen LogP contribution in [0.3, 0.4) is 0 Å². The van der Waals surface area contributed by atoms with Crippen LogP contribution in [0.2, 0.25) is 0 Å². The van der Waals surface area contributed by atoms with Crippen LogP contribution in [0.1, 0.15) is 111 Å². The van der Waals surface area contributed by atoms with E-state index < -0.39 is 90.3 Å². The van der Waals surface area contributed by atoms with Crippen molar-refractivity contribution in [3.8, 4) is 49.1 Å². The molecule has 7 amide bonds. The average Bonchev–Trinajstić information content (AvgIpc) is 1.80. The highest BCUT2D eigenvalue weighted by molar-refractivity contribution is 7.15. The average molecular weight is 1310 g/mol. The number of primary amides is 2. The number of thiazole rings is 6. The molecule has 1 fully saturated rings. The molecule has 10 bridgehead atoms. The number of aromatic hydroxyl groups is 1. The molecule has 0 unspecified atom stereocenters. The predicted octanol–water partition coefficient (Wildman–Crippen LogP) is 6.68. The minimum absolute atomic E-state index is 0.0143. The molecule has 0 radical (unpaired) electrons. The van der Waals surface area contributed by atoms with Crippen molar-refractivity contribution in [3.05, 3.63) is 147 Å². The summed E-state index contributed by atoms with van der Waals surface area (Å²) in [5.41, 5.74) is 14.2. The minimum Gasteiger partial charge on any atom is -0.508 e. The Morgan fingerprint density at radius 1 is 0.708 bits per heavy atom. The molecule has 11 rings (SSSR count). The van der Waals surface area contributed by atoms with Crippen molar-refractivity contribution in [2.24, 2.45) is 17.4 Å². The van der Waals surface area contributed by atoms with E-state index in [0.29, 0.717) is 70.9 Å². The number of phenolic OH excluding ortho intramolecular Hbond substituents is 1. The number of ether oxygens (including phenoxy) is 1. The van der Waals surface area contributed by atoms with Crippen LogP contribution in [-0.2, 0) is 20.7 Å². The number of carbonyl (C=O) groups excluding carboxylic acids is 7. The molecule has 9 aromatic rings. The van der Waals surface area contributed by atoms with Gasteiger partial charge in [0.2, 0.25) is 11.8 Å². The van der Waals surface area contributed by atoms with E-state index in [0.717, 1.165) is 45.3 Å². The molecule has 31 heteroatoms. The van der Waals surface area contributed by atoms with E-state index in [2.05, 4.69) is 31.2 Å². The first kappa shape index (κ1) is 61.8.